The molecular weight excluding hydrogens is 270 g/mol. The molecule has 2 rings (SSSR count). The second-order valence-corrected chi connectivity index (χ2v) is 5.50. The predicted octanol–water partition coefficient (Wildman–Crippen LogP) is 4.45. The van der Waals surface area contributed by atoms with E-state index in [1.54, 1.807) is 0 Å². The third-order valence-corrected chi connectivity index (χ3v) is 3.61. The van der Waals surface area contributed by atoms with E-state index in [0.29, 0.717) is 5.02 Å². The molecule has 0 aromatic heterocycles. The van der Waals surface area contributed by atoms with E-state index >= 15 is 0 Å². The third-order valence-electron chi connectivity index (χ3n) is 3.36. The van der Waals surface area contributed by atoms with E-state index in [4.69, 9.17) is 11.6 Å². The lowest BCUT2D eigenvalue weighted by molar-refractivity contribution is 0.0939. The Bertz CT molecular complexity index is 619. The Labute approximate surface area is 124 Å². The van der Waals surface area contributed by atoms with Crippen molar-refractivity contribution in [1.82, 2.24) is 5.32 Å². The molecule has 0 heterocycles. The van der Waals surface area contributed by atoms with Gasteiger partial charge in [-0.15, -0.1) is 0 Å². The fourth-order valence-electron chi connectivity index (χ4n) is 2.09. The van der Waals surface area contributed by atoms with Gasteiger partial charge in [-0.1, -0.05) is 41.4 Å². The van der Waals surface area contributed by atoms with Gasteiger partial charge in [0.05, 0.1) is 6.04 Å². The summed E-state index contributed by atoms with van der Waals surface area (Å²) in [6.45, 7) is 5.90. The molecule has 2 aromatic rings. The van der Waals surface area contributed by atoms with Crippen molar-refractivity contribution in [2.45, 2.75) is 26.8 Å². The summed E-state index contributed by atoms with van der Waals surface area (Å²) < 4.78 is 0. The van der Waals surface area contributed by atoms with Crippen LogP contribution in [0.2, 0.25) is 5.02 Å². The van der Waals surface area contributed by atoms with Gasteiger partial charge in [0.2, 0.25) is 0 Å². The van der Waals surface area contributed by atoms with Crippen molar-refractivity contribution in [2.75, 3.05) is 0 Å². The molecule has 0 aliphatic carbocycles. The van der Waals surface area contributed by atoms with Crippen LogP contribution in [-0.4, -0.2) is 5.91 Å². The Hall–Kier alpha value is -1.80. The van der Waals surface area contributed by atoms with Crippen molar-refractivity contribution in [3.63, 3.8) is 0 Å². The molecule has 2 aromatic carbocycles. The maximum absolute atomic E-state index is 12.3. The Morgan fingerprint density at radius 3 is 2.40 bits per heavy atom. The van der Waals surface area contributed by atoms with Crippen molar-refractivity contribution >= 4 is 17.5 Å². The molecule has 0 bridgehead atoms. The van der Waals surface area contributed by atoms with E-state index in [2.05, 4.69) is 5.32 Å². The van der Waals surface area contributed by atoms with Gasteiger partial charge in [0, 0.05) is 10.6 Å². The summed E-state index contributed by atoms with van der Waals surface area (Å²) in [6, 6.07) is 13.4. The van der Waals surface area contributed by atoms with Crippen LogP contribution >= 0.6 is 11.6 Å². The Balaban J connectivity index is 2.15. The second-order valence-electron chi connectivity index (χ2n) is 5.07. The zero-order valence-corrected chi connectivity index (χ0v) is 12.7. The van der Waals surface area contributed by atoms with E-state index in [1.807, 2.05) is 63.2 Å². The molecule has 0 saturated carbocycles. The van der Waals surface area contributed by atoms with E-state index < -0.39 is 0 Å². The molecule has 1 N–H and O–H groups in total. The van der Waals surface area contributed by atoms with Crippen LogP contribution in [0.25, 0.3) is 0 Å². The van der Waals surface area contributed by atoms with Crippen molar-refractivity contribution in [1.29, 1.82) is 0 Å². The number of nitrogens with one attached hydrogen (secondary N) is 1. The molecule has 1 amide bonds. The largest absolute Gasteiger partial charge is 0.346 e. The van der Waals surface area contributed by atoms with Crippen molar-refractivity contribution in [2.24, 2.45) is 0 Å². The number of benzene rings is 2. The number of carbonyl (C=O) groups is 1. The molecule has 0 aliphatic heterocycles. The molecule has 0 radical (unpaired) electrons. The SMILES string of the molecule is Cc1ccc(C)c(C(=O)N[C@H](C)c2ccc(Cl)cc2)c1. The maximum atomic E-state index is 12.3. The van der Waals surface area contributed by atoms with Crippen LogP contribution in [0.1, 0.15) is 40.0 Å². The standard InChI is InChI=1S/C17H18ClNO/c1-11-4-5-12(2)16(10-11)17(20)19-13(3)14-6-8-15(18)9-7-14/h4-10,13H,1-3H3,(H,19,20)/t13-/m1/s1. The number of amides is 1. The lowest BCUT2D eigenvalue weighted by atomic mass is 10.0. The first-order chi connectivity index (χ1) is 9.47. The second kappa shape index (κ2) is 6.10. The summed E-state index contributed by atoms with van der Waals surface area (Å²) in [5.74, 6) is -0.0475. The van der Waals surface area contributed by atoms with Crippen molar-refractivity contribution < 1.29 is 4.79 Å². The molecule has 3 heteroatoms. The van der Waals surface area contributed by atoms with Crippen LogP contribution in [-0.2, 0) is 0 Å². The zero-order chi connectivity index (χ0) is 14.7. The highest BCUT2D eigenvalue weighted by atomic mass is 35.5. The molecule has 0 fully saturated rings. The van der Waals surface area contributed by atoms with Gasteiger partial charge in [-0.2, -0.15) is 0 Å². The first-order valence-corrected chi connectivity index (χ1v) is 6.99. The molecule has 0 aliphatic rings. The highest BCUT2D eigenvalue weighted by Gasteiger charge is 2.13. The summed E-state index contributed by atoms with van der Waals surface area (Å²) in [4.78, 5) is 12.3. The van der Waals surface area contributed by atoms with E-state index in [0.717, 1.165) is 22.3 Å². The fraction of sp³-hybridized carbons (Fsp3) is 0.235. The number of carbonyl (C=O) groups excluding carboxylic acids is 1. The minimum atomic E-state index is -0.0559. The summed E-state index contributed by atoms with van der Waals surface area (Å²) in [5, 5.41) is 3.71. The van der Waals surface area contributed by atoms with Gasteiger partial charge in [-0.25, -0.2) is 0 Å². The Kier molecular flexibility index (Phi) is 4.46. The average molecular weight is 288 g/mol. The van der Waals surface area contributed by atoms with Gasteiger partial charge in [0.15, 0.2) is 0 Å². The van der Waals surface area contributed by atoms with Crippen LogP contribution in [0, 0.1) is 13.8 Å². The molecule has 104 valence electrons. The number of halogens is 1. The Morgan fingerprint density at radius 2 is 1.75 bits per heavy atom. The lowest BCUT2D eigenvalue weighted by Gasteiger charge is -2.15. The van der Waals surface area contributed by atoms with Gasteiger partial charge >= 0.3 is 0 Å². The quantitative estimate of drug-likeness (QED) is 0.888. The number of hydrogen-bond donors (Lipinski definition) is 1. The molecule has 1 atom stereocenters. The van der Waals surface area contributed by atoms with Crippen LogP contribution in [0.3, 0.4) is 0 Å². The predicted molar refractivity (Wildman–Crippen MR) is 83.2 cm³/mol. The smallest absolute Gasteiger partial charge is 0.252 e. The summed E-state index contributed by atoms with van der Waals surface area (Å²) in [5.41, 5.74) is 3.83. The Morgan fingerprint density at radius 1 is 1.10 bits per heavy atom. The molecule has 0 unspecified atom stereocenters. The maximum Gasteiger partial charge on any atom is 0.252 e. The van der Waals surface area contributed by atoms with E-state index in [9.17, 15) is 4.79 Å². The first kappa shape index (κ1) is 14.6. The van der Waals surface area contributed by atoms with Gasteiger partial charge < -0.3 is 5.32 Å². The minimum absolute atomic E-state index is 0.0475. The van der Waals surface area contributed by atoms with Crippen LogP contribution in [0.4, 0.5) is 0 Å². The molecule has 0 spiro atoms. The molecule has 0 saturated heterocycles. The topological polar surface area (TPSA) is 29.1 Å². The average Bonchev–Trinajstić information content (AvgIpc) is 2.42. The number of rotatable bonds is 3. The van der Waals surface area contributed by atoms with Crippen molar-refractivity contribution in [3.8, 4) is 0 Å². The summed E-state index contributed by atoms with van der Waals surface area (Å²) >= 11 is 5.87. The van der Waals surface area contributed by atoms with E-state index in [-0.39, 0.29) is 11.9 Å². The fourth-order valence-corrected chi connectivity index (χ4v) is 2.22. The first-order valence-electron chi connectivity index (χ1n) is 6.61. The third kappa shape index (κ3) is 3.40. The van der Waals surface area contributed by atoms with Gasteiger partial charge in [0.1, 0.15) is 0 Å². The molecule has 20 heavy (non-hydrogen) atoms. The monoisotopic (exact) mass is 287 g/mol. The van der Waals surface area contributed by atoms with Crippen LogP contribution in [0.15, 0.2) is 42.5 Å². The van der Waals surface area contributed by atoms with Gasteiger partial charge in [0.25, 0.3) is 5.91 Å². The summed E-state index contributed by atoms with van der Waals surface area (Å²) in [7, 11) is 0. The highest BCUT2D eigenvalue weighted by molar-refractivity contribution is 6.30. The van der Waals surface area contributed by atoms with Crippen LogP contribution < -0.4 is 5.32 Å². The van der Waals surface area contributed by atoms with Crippen molar-refractivity contribution in [3.05, 3.63) is 69.7 Å². The highest BCUT2D eigenvalue weighted by Crippen LogP contribution is 2.17. The summed E-state index contributed by atoms with van der Waals surface area (Å²) in [6.07, 6.45) is 0. The zero-order valence-electron chi connectivity index (χ0n) is 11.9. The number of aryl methyl sites for hydroxylation is 2. The lowest BCUT2D eigenvalue weighted by Crippen LogP contribution is -2.27. The van der Waals surface area contributed by atoms with Gasteiger partial charge in [-0.3, -0.25) is 4.79 Å². The normalized spacial score (nSPS) is 12.0. The molecular formula is C17H18ClNO. The minimum Gasteiger partial charge on any atom is -0.346 e. The van der Waals surface area contributed by atoms with Crippen LogP contribution in [0.5, 0.6) is 0 Å². The molecule has 2 nitrogen and oxygen atoms in total. The van der Waals surface area contributed by atoms with Gasteiger partial charge in [-0.05, 0) is 50.1 Å². The number of hydrogen-bond acceptors (Lipinski definition) is 1. The van der Waals surface area contributed by atoms with E-state index in [1.165, 1.54) is 0 Å².